The Kier molecular flexibility index (Phi) is 5.24. The van der Waals surface area contributed by atoms with Gasteiger partial charge in [-0.05, 0) is 30.5 Å². The lowest BCUT2D eigenvalue weighted by molar-refractivity contribution is 0.0600. The average Bonchev–Trinajstić information content (AvgIpc) is 2.42. The Labute approximate surface area is 107 Å². The molecular weight excluding hydrogens is 232 g/mol. The normalized spacial score (nSPS) is 9.72. The van der Waals surface area contributed by atoms with Crippen LogP contribution in [0.25, 0.3) is 0 Å². The third-order valence-corrected chi connectivity index (χ3v) is 2.59. The average molecular weight is 250 g/mol. The second-order valence-corrected chi connectivity index (χ2v) is 3.69. The van der Waals surface area contributed by atoms with Crippen LogP contribution in [0.4, 0.5) is 0 Å². The summed E-state index contributed by atoms with van der Waals surface area (Å²) >= 11 is 0. The molecule has 1 aromatic carbocycles. The van der Waals surface area contributed by atoms with Gasteiger partial charge in [-0.15, -0.1) is 6.58 Å². The van der Waals surface area contributed by atoms with Gasteiger partial charge in [0.05, 0.1) is 26.9 Å². The number of methoxy groups -OCH3 is 3. The zero-order valence-corrected chi connectivity index (χ0v) is 11.0. The van der Waals surface area contributed by atoms with Gasteiger partial charge in [0, 0.05) is 0 Å². The fraction of sp³-hybridized carbons (Fsp3) is 0.357. The van der Waals surface area contributed by atoms with E-state index >= 15 is 0 Å². The van der Waals surface area contributed by atoms with E-state index < -0.39 is 5.97 Å². The number of ether oxygens (including phenoxy) is 3. The Bertz CT molecular complexity index is 438. The number of carbonyl (C=O) groups excluding carboxylic acids is 1. The van der Waals surface area contributed by atoms with Crippen molar-refractivity contribution in [3.63, 3.8) is 0 Å². The van der Waals surface area contributed by atoms with Gasteiger partial charge in [-0.1, -0.05) is 6.08 Å². The van der Waals surface area contributed by atoms with E-state index in [-0.39, 0.29) is 0 Å². The van der Waals surface area contributed by atoms with Crippen LogP contribution >= 0.6 is 0 Å². The molecule has 1 rings (SSSR count). The molecule has 0 N–H and O–H groups in total. The fourth-order valence-electron chi connectivity index (χ4n) is 1.72. The SMILES string of the molecule is C=CCCc1cc(C(=O)OC)cc(OC)c1OC. The molecule has 0 unspecified atom stereocenters. The summed E-state index contributed by atoms with van der Waals surface area (Å²) < 4.78 is 15.3. The van der Waals surface area contributed by atoms with Crippen molar-refractivity contribution >= 4 is 5.97 Å². The molecule has 0 spiro atoms. The van der Waals surface area contributed by atoms with Gasteiger partial charge >= 0.3 is 5.97 Å². The van der Waals surface area contributed by atoms with E-state index in [1.54, 1.807) is 19.2 Å². The van der Waals surface area contributed by atoms with Crippen molar-refractivity contribution in [1.29, 1.82) is 0 Å². The van der Waals surface area contributed by atoms with Crippen LogP contribution < -0.4 is 9.47 Å². The van der Waals surface area contributed by atoms with E-state index in [0.717, 1.165) is 18.4 Å². The molecule has 0 aliphatic rings. The number of carbonyl (C=O) groups is 1. The number of esters is 1. The minimum Gasteiger partial charge on any atom is -0.493 e. The van der Waals surface area contributed by atoms with Crippen molar-refractivity contribution < 1.29 is 19.0 Å². The molecule has 4 nitrogen and oxygen atoms in total. The fourth-order valence-corrected chi connectivity index (χ4v) is 1.72. The topological polar surface area (TPSA) is 44.8 Å². The number of allylic oxidation sites excluding steroid dienone is 1. The molecule has 0 saturated carbocycles. The first-order chi connectivity index (χ1) is 8.67. The summed E-state index contributed by atoms with van der Waals surface area (Å²) in [5.41, 5.74) is 1.35. The van der Waals surface area contributed by atoms with Gasteiger partial charge in [0.25, 0.3) is 0 Å². The summed E-state index contributed by atoms with van der Waals surface area (Å²) in [7, 11) is 4.46. The minimum atomic E-state index is -0.393. The highest BCUT2D eigenvalue weighted by Gasteiger charge is 2.15. The van der Waals surface area contributed by atoms with Crippen molar-refractivity contribution in [2.45, 2.75) is 12.8 Å². The lowest BCUT2D eigenvalue weighted by Crippen LogP contribution is -2.05. The summed E-state index contributed by atoms with van der Waals surface area (Å²) in [6.45, 7) is 3.68. The predicted molar refractivity (Wildman–Crippen MR) is 69.4 cm³/mol. The summed E-state index contributed by atoms with van der Waals surface area (Å²) in [5, 5.41) is 0. The van der Waals surface area contributed by atoms with Crippen molar-refractivity contribution in [2.75, 3.05) is 21.3 Å². The number of benzene rings is 1. The zero-order valence-electron chi connectivity index (χ0n) is 11.0. The molecule has 0 aliphatic carbocycles. The van der Waals surface area contributed by atoms with Crippen LogP contribution in [0, 0.1) is 0 Å². The largest absolute Gasteiger partial charge is 0.493 e. The van der Waals surface area contributed by atoms with E-state index in [4.69, 9.17) is 14.2 Å². The van der Waals surface area contributed by atoms with E-state index in [9.17, 15) is 4.79 Å². The minimum absolute atomic E-state index is 0.393. The smallest absolute Gasteiger partial charge is 0.337 e. The van der Waals surface area contributed by atoms with Crippen molar-refractivity contribution in [3.8, 4) is 11.5 Å². The van der Waals surface area contributed by atoms with Gasteiger partial charge < -0.3 is 14.2 Å². The first kappa shape index (κ1) is 14.1. The van der Waals surface area contributed by atoms with Gasteiger partial charge in [-0.2, -0.15) is 0 Å². The van der Waals surface area contributed by atoms with Crippen molar-refractivity contribution in [1.82, 2.24) is 0 Å². The van der Waals surface area contributed by atoms with Crippen LogP contribution in [-0.2, 0) is 11.2 Å². The molecule has 1 aromatic rings. The molecule has 0 aliphatic heterocycles. The summed E-state index contributed by atoms with van der Waals surface area (Å²) in [6.07, 6.45) is 3.34. The first-order valence-electron chi connectivity index (χ1n) is 5.62. The Morgan fingerprint density at radius 2 is 2.00 bits per heavy atom. The molecule has 0 radical (unpaired) electrons. The molecule has 0 aromatic heterocycles. The third-order valence-electron chi connectivity index (χ3n) is 2.59. The number of rotatable bonds is 6. The van der Waals surface area contributed by atoms with E-state index in [1.165, 1.54) is 14.2 Å². The highest BCUT2D eigenvalue weighted by Crippen LogP contribution is 2.33. The summed E-state index contributed by atoms with van der Waals surface area (Å²) in [6, 6.07) is 3.37. The lowest BCUT2D eigenvalue weighted by atomic mass is 10.0. The Hall–Kier alpha value is -1.97. The first-order valence-corrected chi connectivity index (χ1v) is 5.62. The van der Waals surface area contributed by atoms with Crippen molar-refractivity contribution in [2.24, 2.45) is 0 Å². The molecule has 4 heteroatoms. The molecule has 98 valence electrons. The van der Waals surface area contributed by atoms with E-state index in [0.29, 0.717) is 17.1 Å². The van der Waals surface area contributed by atoms with E-state index in [1.807, 2.05) is 6.08 Å². The lowest BCUT2D eigenvalue weighted by Gasteiger charge is -2.14. The Morgan fingerprint density at radius 3 is 2.50 bits per heavy atom. The van der Waals surface area contributed by atoms with Gasteiger partial charge in [-0.3, -0.25) is 0 Å². The van der Waals surface area contributed by atoms with Crippen LogP contribution in [0.2, 0.25) is 0 Å². The van der Waals surface area contributed by atoms with Crippen LogP contribution in [0.1, 0.15) is 22.3 Å². The zero-order chi connectivity index (χ0) is 13.5. The van der Waals surface area contributed by atoms with Gasteiger partial charge in [-0.25, -0.2) is 4.79 Å². The Balaban J connectivity index is 3.25. The number of hydrogen-bond acceptors (Lipinski definition) is 4. The third kappa shape index (κ3) is 3.03. The number of aryl methyl sites for hydroxylation is 1. The van der Waals surface area contributed by atoms with Crippen LogP contribution in [0.5, 0.6) is 11.5 Å². The molecule has 18 heavy (non-hydrogen) atoms. The van der Waals surface area contributed by atoms with E-state index in [2.05, 4.69) is 6.58 Å². The van der Waals surface area contributed by atoms with Crippen LogP contribution in [0.3, 0.4) is 0 Å². The maximum atomic E-state index is 11.6. The monoisotopic (exact) mass is 250 g/mol. The maximum Gasteiger partial charge on any atom is 0.337 e. The number of hydrogen-bond donors (Lipinski definition) is 0. The predicted octanol–water partition coefficient (Wildman–Crippen LogP) is 2.61. The molecule has 0 saturated heterocycles. The summed E-state index contributed by atoms with van der Waals surface area (Å²) in [4.78, 5) is 11.6. The maximum absolute atomic E-state index is 11.6. The van der Waals surface area contributed by atoms with Crippen LogP contribution in [0.15, 0.2) is 24.8 Å². The molecule has 0 atom stereocenters. The second kappa shape index (κ2) is 6.69. The summed E-state index contributed by atoms with van der Waals surface area (Å²) in [5.74, 6) is 0.780. The van der Waals surface area contributed by atoms with Gasteiger partial charge in [0.1, 0.15) is 0 Å². The molecule has 0 amide bonds. The standard InChI is InChI=1S/C14H18O4/c1-5-6-7-10-8-11(14(15)18-4)9-12(16-2)13(10)17-3/h5,8-9H,1,6-7H2,2-4H3. The van der Waals surface area contributed by atoms with Crippen LogP contribution in [-0.4, -0.2) is 27.3 Å². The molecule has 0 bridgehead atoms. The van der Waals surface area contributed by atoms with Crippen molar-refractivity contribution in [3.05, 3.63) is 35.9 Å². The molecular formula is C14H18O4. The quantitative estimate of drug-likeness (QED) is 0.575. The highest BCUT2D eigenvalue weighted by atomic mass is 16.5. The Morgan fingerprint density at radius 1 is 1.28 bits per heavy atom. The molecule has 0 heterocycles. The van der Waals surface area contributed by atoms with Gasteiger partial charge in [0.2, 0.25) is 0 Å². The van der Waals surface area contributed by atoms with Gasteiger partial charge in [0.15, 0.2) is 11.5 Å². The molecule has 0 fully saturated rings. The highest BCUT2D eigenvalue weighted by molar-refractivity contribution is 5.90. The second-order valence-electron chi connectivity index (χ2n) is 3.69.